The lowest BCUT2D eigenvalue weighted by Crippen LogP contribution is -2.10. The monoisotopic (exact) mass is 294 g/mol. The van der Waals surface area contributed by atoms with Gasteiger partial charge in [0.2, 0.25) is 0 Å². The quantitative estimate of drug-likeness (QED) is 0.632. The Morgan fingerprint density at radius 2 is 1.86 bits per heavy atom. The first-order valence-corrected chi connectivity index (χ1v) is 7.34. The summed E-state index contributed by atoms with van der Waals surface area (Å²) in [6.45, 7) is 1.17. The highest BCUT2D eigenvalue weighted by Gasteiger charge is 2.18. The van der Waals surface area contributed by atoms with Gasteiger partial charge in [0.05, 0.1) is 5.29 Å². The zero-order valence-electron chi connectivity index (χ0n) is 12.5. The number of hydrogen-bond acceptors (Lipinski definition) is 3. The van der Waals surface area contributed by atoms with Crippen LogP contribution in [0, 0.1) is 4.91 Å². The molecule has 0 aromatic heterocycles. The number of nitroso groups, excluding NO2 is 1. The molecule has 2 aromatic rings. The highest BCUT2D eigenvalue weighted by Crippen LogP contribution is 2.36. The standard InChI is InChI=1S/C18H18N2O2/c1-20(19-21)12-6-10-16-15-8-3-2-7-14(15)13-22-18-11-5-4-9-17(16)18/h2-5,7-11H,6,12-13H2,1H3/b16-10+. The van der Waals surface area contributed by atoms with Gasteiger partial charge in [-0.2, -0.15) is 0 Å². The number of benzene rings is 2. The zero-order chi connectivity index (χ0) is 15.4. The summed E-state index contributed by atoms with van der Waals surface area (Å²) in [7, 11) is 1.68. The normalized spacial score (nSPS) is 14.5. The molecule has 0 atom stereocenters. The molecular weight excluding hydrogens is 276 g/mol. The van der Waals surface area contributed by atoms with Crippen LogP contribution >= 0.6 is 0 Å². The van der Waals surface area contributed by atoms with Crippen molar-refractivity contribution in [1.82, 2.24) is 5.01 Å². The van der Waals surface area contributed by atoms with Gasteiger partial charge >= 0.3 is 0 Å². The molecule has 1 aliphatic rings. The molecule has 0 bridgehead atoms. The minimum atomic E-state index is 0.570. The molecule has 1 heterocycles. The van der Waals surface area contributed by atoms with Crippen LogP contribution in [0.5, 0.6) is 5.75 Å². The smallest absolute Gasteiger partial charge is 0.127 e. The maximum atomic E-state index is 10.5. The fraction of sp³-hybridized carbons (Fsp3) is 0.222. The summed E-state index contributed by atoms with van der Waals surface area (Å²) in [6, 6.07) is 16.3. The van der Waals surface area contributed by atoms with Gasteiger partial charge in [0, 0.05) is 19.2 Å². The lowest BCUT2D eigenvalue weighted by molar-refractivity contribution is 0.307. The molecule has 0 amide bonds. The SMILES string of the molecule is CN(CC/C=C1\c2ccccc2COc2ccccc21)N=O. The average Bonchev–Trinajstić information content (AvgIpc) is 2.72. The van der Waals surface area contributed by atoms with E-state index in [9.17, 15) is 4.91 Å². The van der Waals surface area contributed by atoms with Crippen molar-refractivity contribution in [2.75, 3.05) is 13.6 Å². The first kappa shape index (κ1) is 14.3. The van der Waals surface area contributed by atoms with E-state index in [1.165, 1.54) is 16.1 Å². The lowest BCUT2D eigenvalue weighted by Gasteiger charge is -2.11. The summed E-state index contributed by atoms with van der Waals surface area (Å²) in [5.74, 6) is 0.895. The molecule has 4 nitrogen and oxygen atoms in total. The van der Waals surface area contributed by atoms with E-state index in [-0.39, 0.29) is 0 Å². The van der Waals surface area contributed by atoms with Crippen LogP contribution in [0.4, 0.5) is 0 Å². The van der Waals surface area contributed by atoms with Gasteiger partial charge in [-0.05, 0) is 29.2 Å². The molecule has 0 aliphatic carbocycles. The Hall–Kier alpha value is -2.62. The van der Waals surface area contributed by atoms with E-state index in [4.69, 9.17) is 4.74 Å². The van der Waals surface area contributed by atoms with Crippen LogP contribution in [0.3, 0.4) is 0 Å². The predicted molar refractivity (Wildman–Crippen MR) is 87.3 cm³/mol. The van der Waals surface area contributed by atoms with E-state index < -0.39 is 0 Å². The molecular formula is C18H18N2O2. The second-order valence-electron chi connectivity index (χ2n) is 5.31. The van der Waals surface area contributed by atoms with E-state index in [1.54, 1.807) is 7.05 Å². The van der Waals surface area contributed by atoms with Crippen molar-refractivity contribution >= 4 is 5.57 Å². The number of nitrogens with zero attached hydrogens (tertiary/aromatic N) is 2. The maximum absolute atomic E-state index is 10.5. The Labute approximate surface area is 130 Å². The summed E-state index contributed by atoms with van der Waals surface area (Å²) < 4.78 is 5.93. The van der Waals surface area contributed by atoms with Gasteiger partial charge in [-0.1, -0.05) is 48.5 Å². The Morgan fingerprint density at radius 3 is 2.68 bits per heavy atom. The fourth-order valence-electron chi connectivity index (χ4n) is 2.68. The second kappa shape index (κ2) is 6.43. The molecule has 0 N–H and O–H groups in total. The van der Waals surface area contributed by atoms with Crippen LogP contribution in [0.25, 0.3) is 5.57 Å². The minimum Gasteiger partial charge on any atom is -0.488 e. The highest BCUT2D eigenvalue weighted by molar-refractivity contribution is 5.84. The molecule has 112 valence electrons. The lowest BCUT2D eigenvalue weighted by atomic mass is 9.93. The Kier molecular flexibility index (Phi) is 4.19. The summed E-state index contributed by atoms with van der Waals surface area (Å²) in [6.07, 6.45) is 2.91. The second-order valence-corrected chi connectivity index (χ2v) is 5.31. The van der Waals surface area contributed by atoms with E-state index >= 15 is 0 Å². The fourth-order valence-corrected chi connectivity index (χ4v) is 2.68. The predicted octanol–water partition coefficient (Wildman–Crippen LogP) is 4.01. The zero-order valence-corrected chi connectivity index (χ0v) is 12.5. The van der Waals surface area contributed by atoms with Crippen LogP contribution in [0.15, 0.2) is 59.9 Å². The van der Waals surface area contributed by atoms with Crippen LogP contribution in [0.1, 0.15) is 23.1 Å². The number of fused-ring (bicyclic) bond motifs is 2. The summed E-state index contributed by atoms with van der Waals surface area (Å²) >= 11 is 0. The number of rotatable bonds is 4. The van der Waals surface area contributed by atoms with Gasteiger partial charge in [0.15, 0.2) is 0 Å². The summed E-state index contributed by atoms with van der Waals surface area (Å²) in [4.78, 5) is 10.5. The van der Waals surface area contributed by atoms with Gasteiger partial charge < -0.3 is 4.74 Å². The largest absolute Gasteiger partial charge is 0.488 e. The molecule has 0 spiro atoms. The third-order valence-electron chi connectivity index (χ3n) is 3.81. The van der Waals surface area contributed by atoms with Crippen molar-refractivity contribution in [2.45, 2.75) is 13.0 Å². The molecule has 0 saturated heterocycles. The van der Waals surface area contributed by atoms with Crippen LogP contribution in [0.2, 0.25) is 0 Å². The van der Waals surface area contributed by atoms with Crippen molar-refractivity contribution < 1.29 is 4.74 Å². The number of ether oxygens (including phenoxy) is 1. The molecule has 2 aromatic carbocycles. The van der Waals surface area contributed by atoms with Crippen molar-refractivity contribution in [1.29, 1.82) is 0 Å². The van der Waals surface area contributed by atoms with Gasteiger partial charge in [0.1, 0.15) is 12.4 Å². The Morgan fingerprint density at radius 1 is 1.14 bits per heavy atom. The van der Waals surface area contributed by atoms with Crippen LogP contribution in [-0.4, -0.2) is 18.6 Å². The van der Waals surface area contributed by atoms with Crippen LogP contribution in [-0.2, 0) is 6.61 Å². The highest BCUT2D eigenvalue weighted by atomic mass is 16.5. The first-order chi connectivity index (χ1) is 10.8. The Balaban J connectivity index is 2.02. The van der Waals surface area contributed by atoms with Crippen LogP contribution < -0.4 is 4.74 Å². The topological polar surface area (TPSA) is 41.9 Å². The molecule has 0 fully saturated rings. The van der Waals surface area contributed by atoms with E-state index in [0.717, 1.165) is 23.3 Å². The third-order valence-corrected chi connectivity index (χ3v) is 3.81. The maximum Gasteiger partial charge on any atom is 0.127 e. The molecule has 1 aliphatic heterocycles. The van der Waals surface area contributed by atoms with Gasteiger partial charge in [-0.15, -0.1) is 4.91 Å². The van der Waals surface area contributed by atoms with Crippen molar-refractivity contribution in [3.63, 3.8) is 0 Å². The molecule has 22 heavy (non-hydrogen) atoms. The van der Waals surface area contributed by atoms with Crippen molar-refractivity contribution in [2.24, 2.45) is 5.29 Å². The minimum absolute atomic E-state index is 0.570. The van der Waals surface area contributed by atoms with Gasteiger partial charge in [-0.25, -0.2) is 0 Å². The van der Waals surface area contributed by atoms with Gasteiger partial charge in [-0.3, -0.25) is 5.01 Å². The van der Waals surface area contributed by atoms with E-state index in [0.29, 0.717) is 13.2 Å². The van der Waals surface area contributed by atoms with E-state index in [2.05, 4.69) is 29.6 Å². The number of para-hydroxylation sites is 1. The van der Waals surface area contributed by atoms with Crippen molar-refractivity contribution in [3.8, 4) is 5.75 Å². The molecule has 0 radical (unpaired) electrons. The Bertz CT molecular complexity index is 660. The molecule has 4 heteroatoms. The third kappa shape index (κ3) is 2.86. The van der Waals surface area contributed by atoms with Gasteiger partial charge in [0.25, 0.3) is 0 Å². The average molecular weight is 294 g/mol. The summed E-state index contributed by atoms with van der Waals surface area (Å²) in [5.41, 5.74) is 4.61. The first-order valence-electron chi connectivity index (χ1n) is 7.34. The summed E-state index contributed by atoms with van der Waals surface area (Å²) in [5, 5.41) is 4.31. The van der Waals surface area contributed by atoms with E-state index in [1.807, 2.05) is 30.3 Å². The van der Waals surface area contributed by atoms with Crippen molar-refractivity contribution in [3.05, 3.63) is 76.2 Å². The number of hydrogen-bond donors (Lipinski definition) is 0. The molecule has 0 unspecified atom stereocenters. The molecule has 3 rings (SSSR count). The molecule has 0 saturated carbocycles.